The Morgan fingerprint density at radius 1 is 1.04 bits per heavy atom. The molecule has 0 aromatic heterocycles. The molecule has 1 aromatic rings. The summed E-state index contributed by atoms with van der Waals surface area (Å²) in [6.07, 6.45) is 0.273. The second-order valence-electron chi connectivity index (χ2n) is 6.92. The lowest BCUT2D eigenvalue weighted by molar-refractivity contribution is -0.384. The number of benzene rings is 1. The molecule has 1 aromatic carbocycles. The molecule has 0 N–H and O–H groups in total. The van der Waals surface area contributed by atoms with Crippen molar-refractivity contribution in [2.24, 2.45) is 0 Å². The van der Waals surface area contributed by atoms with Gasteiger partial charge in [-0.25, -0.2) is 4.79 Å². The zero-order valence-corrected chi connectivity index (χ0v) is 14.7. The minimum Gasteiger partial charge on any atom is -0.444 e. The first kappa shape index (κ1) is 18.7. The largest absolute Gasteiger partial charge is 0.444 e. The zero-order valence-electron chi connectivity index (χ0n) is 14.7. The quantitative estimate of drug-likeness (QED) is 0.604. The summed E-state index contributed by atoms with van der Waals surface area (Å²) in [5.74, 6) is -0.194. The first-order chi connectivity index (χ1) is 11.7. The van der Waals surface area contributed by atoms with Crippen LogP contribution in [-0.2, 0) is 4.74 Å². The van der Waals surface area contributed by atoms with Gasteiger partial charge >= 0.3 is 6.09 Å². The molecule has 0 atom stereocenters. The van der Waals surface area contributed by atoms with Crippen LogP contribution in [0.25, 0.3) is 0 Å². The number of amides is 2. The molecule has 0 saturated carbocycles. The van der Waals surface area contributed by atoms with E-state index in [1.165, 1.54) is 24.3 Å². The molecule has 1 fully saturated rings. The minimum atomic E-state index is -0.558. The van der Waals surface area contributed by atoms with Gasteiger partial charge in [-0.15, -0.1) is 0 Å². The fraction of sp³-hybridized carbons (Fsp3) is 0.529. The van der Waals surface area contributed by atoms with E-state index in [-0.39, 0.29) is 17.7 Å². The van der Waals surface area contributed by atoms with E-state index < -0.39 is 10.5 Å². The van der Waals surface area contributed by atoms with E-state index in [0.717, 1.165) is 0 Å². The van der Waals surface area contributed by atoms with Crippen LogP contribution in [0.2, 0.25) is 0 Å². The number of non-ortho nitro benzene ring substituents is 1. The van der Waals surface area contributed by atoms with Gasteiger partial charge in [-0.3, -0.25) is 14.9 Å². The van der Waals surface area contributed by atoms with E-state index in [1.807, 2.05) is 20.8 Å². The summed E-state index contributed by atoms with van der Waals surface area (Å²) in [6, 6.07) is 5.55. The maximum atomic E-state index is 12.6. The highest BCUT2D eigenvalue weighted by Crippen LogP contribution is 2.16. The number of carbonyl (C=O) groups excluding carboxylic acids is 2. The summed E-state index contributed by atoms with van der Waals surface area (Å²) < 4.78 is 5.37. The molecule has 25 heavy (non-hydrogen) atoms. The minimum absolute atomic E-state index is 0.0523. The van der Waals surface area contributed by atoms with Crippen LogP contribution in [0.15, 0.2) is 24.3 Å². The van der Waals surface area contributed by atoms with Crippen LogP contribution in [0.5, 0.6) is 0 Å². The van der Waals surface area contributed by atoms with Crippen molar-refractivity contribution in [2.45, 2.75) is 32.8 Å². The molecular weight excluding hydrogens is 326 g/mol. The normalized spacial score (nSPS) is 15.5. The Labute approximate surface area is 146 Å². The number of nitrogens with zero attached hydrogens (tertiary/aromatic N) is 3. The monoisotopic (exact) mass is 349 g/mol. The standard InChI is InChI=1S/C17H23N3O5/c1-17(2,3)25-16(22)19-10-4-9-18(11-12-19)15(21)13-5-7-14(8-6-13)20(23)24/h5-8H,4,9-12H2,1-3H3. The van der Waals surface area contributed by atoms with Crippen LogP contribution < -0.4 is 0 Å². The van der Waals surface area contributed by atoms with Gasteiger partial charge in [0.05, 0.1) is 4.92 Å². The van der Waals surface area contributed by atoms with Crippen LogP contribution in [-0.4, -0.2) is 58.5 Å². The number of hydrogen-bond donors (Lipinski definition) is 0. The van der Waals surface area contributed by atoms with Gasteiger partial charge in [-0.1, -0.05) is 0 Å². The first-order valence-electron chi connectivity index (χ1n) is 8.19. The van der Waals surface area contributed by atoms with E-state index in [2.05, 4.69) is 0 Å². The Morgan fingerprint density at radius 2 is 1.60 bits per heavy atom. The molecule has 0 aliphatic carbocycles. The molecule has 2 rings (SSSR count). The number of nitro groups is 1. The van der Waals surface area contributed by atoms with Gasteiger partial charge in [0.15, 0.2) is 0 Å². The topological polar surface area (TPSA) is 93.0 Å². The maximum Gasteiger partial charge on any atom is 0.410 e. The van der Waals surface area contributed by atoms with Gasteiger partial charge in [-0.2, -0.15) is 0 Å². The molecule has 1 aliphatic heterocycles. The predicted molar refractivity (Wildman–Crippen MR) is 91.4 cm³/mol. The third-order valence-corrected chi connectivity index (χ3v) is 3.76. The summed E-state index contributed by atoms with van der Waals surface area (Å²) in [7, 11) is 0. The molecule has 0 unspecified atom stereocenters. The molecule has 1 saturated heterocycles. The summed E-state index contributed by atoms with van der Waals surface area (Å²) in [5.41, 5.74) is -0.211. The summed E-state index contributed by atoms with van der Waals surface area (Å²) in [4.78, 5) is 38.2. The lowest BCUT2D eigenvalue weighted by atomic mass is 10.2. The number of nitro benzene ring substituents is 1. The molecule has 2 amide bonds. The third-order valence-electron chi connectivity index (χ3n) is 3.76. The van der Waals surface area contributed by atoms with Crippen molar-refractivity contribution >= 4 is 17.7 Å². The molecule has 1 aliphatic rings. The first-order valence-corrected chi connectivity index (χ1v) is 8.19. The van der Waals surface area contributed by atoms with Crippen molar-refractivity contribution < 1.29 is 19.2 Å². The zero-order chi connectivity index (χ0) is 18.6. The van der Waals surface area contributed by atoms with Gasteiger partial charge in [0.2, 0.25) is 0 Å². The van der Waals surface area contributed by atoms with Crippen LogP contribution in [0.4, 0.5) is 10.5 Å². The summed E-state index contributed by atoms with van der Waals surface area (Å²) in [6.45, 7) is 7.28. The number of carbonyl (C=O) groups is 2. The Morgan fingerprint density at radius 3 is 2.16 bits per heavy atom. The molecule has 1 heterocycles. The third kappa shape index (κ3) is 5.17. The Hall–Kier alpha value is -2.64. The van der Waals surface area contributed by atoms with Crippen molar-refractivity contribution in [3.8, 4) is 0 Å². The van der Waals surface area contributed by atoms with Gasteiger partial charge in [0, 0.05) is 43.9 Å². The maximum absolute atomic E-state index is 12.6. The highest BCUT2D eigenvalue weighted by Gasteiger charge is 2.26. The lowest BCUT2D eigenvalue weighted by Crippen LogP contribution is -2.40. The van der Waals surface area contributed by atoms with Crippen LogP contribution in [0.1, 0.15) is 37.6 Å². The van der Waals surface area contributed by atoms with E-state index in [1.54, 1.807) is 9.80 Å². The van der Waals surface area contributed by atoms with E-state index in [9.17, 15) is 19.7 Å². The second kappa shape index (κ2) is 7.50. The van der Waals surface area contributed by atoms with Crippen molar-refractivity contribution in [3.63, 3.8) is 0 Å². The predicted octanol–water partition coefficient (Wildman–Crippen LogP) is 2.68. The SMILES string of the molecule is CC(C)(C)OC(=O)N1CCCN(C(=O)c2ccc([N+](=O)[O-])cc2)CC1. The Bertz CT molecular complexity index is 651. The molecule has 0 bridgehead atoms. The molecule has 8 nitrogen and oxygen atoms in total. The van der Waals surface area contributed by atoms with E-state index in [0.29, 0.717) is 38.2 Å². The number of hydrogen-bond acceptors (Lipinski definition) is 5. The Balaban J connectivity index is 1.99. The highest BCUT2D eigenvalue weighted by atomic mass is 16.6. The summed E-state index contributed by atoms with van der Waals surface area (Å²) in [5, 5.41) is 10.7. The van der Waals surface area contributed by atoms with E-state index in [4.69, 9.17) is 4.74 Å². The van der Waals surface area contributed by atoms with Gasteiger partial charge in [0.1, 0.15) is 5.60 Å². The van der Waals surface area contributed by atoms with Crippen molar-refractivity contribution in [3.05, 3.63) is 39.9 Å². The highest BCUT2D eigenvalue weighted by molar-refractivity contribution is 5.94. The van der Waals surface area contributed by atoms with Crippen LogP contribution in [0, 0.1) is 10.1 Å². The van der Waals surface area contributed by atoms with Crippen LogP contribution in [0.3, 0.4) is 0 Å². The fourth-order valence-electron chi connectivity index (χ4n) is 2.54. The molecule has 136 valence electrons. The number of ether oxygens (including phenoxy) is 1. The van der Waals surface area contributed by atoms with Crippen molar-refractivity contribution in [1.82, 2.24) is 9.80 Å². The molecule has 0 radical (unpaired) electrons. The fourth-order valence-corrected chi connectivity index (χ4v) is 2.54. The average Bonchev–Trinajstić information content (AvgIpc) is 2.78. The van der Waals surface area contributed by atoms with Gasteiger partial charge < -0.3 is 14.5 Å². The van der Waals surface area contributed by atoms with E-state index >= 15 is 0 Å². The van der Waals surface area contributed by atoms with Crippen molar-refractivity contribution in [1.29, 1.82) is 0 Å². The Kier molecular flexibility index (Phi) is 5.61. The van der Waals surface area contributed by atoms with Crippen molar-refractivity contribution in [2.75, 3.05) is 26.2 Å². The molecule has 0 spiro atoms. The van der Waals surface area contributed by atoms with Gasteiger partial charge in [0.25, 0.3) is 11.6 Å². The van der Waals surface area contributed by atoms with Crippen LogP contribution >= 0.6 is 0 Å². The lowest BCUT2D eigenvalue weighted by Gasteiger charge is -2.26. The second-order valence-corrected chi connectivity index (χ2v) is 6.92. The molecule has 8 heteroatoms. The summed E-state index contributed by atoms with van der Waals surface area (Å²) >= 11 is 0. The molecular formula is C17H23N3O5. The smallest absolute Gasteiger partial charge is 0.410 e. The van der Waals surface area contributed by atoms with Gasteiger partial charge in [-0.05, 0) is 39.3 Å². The average molecular weight is 349 g/mol. The number of rotatable bonds is 2.